The van der Waals surface area contributed by atoms with Gasteiger partial charge in [-0.1, -0.05) is 38.1 Å². The first-order valence-corrected chi connectivity index (χ1v) is 14.9. The summed E-state index contributed by atoms with van der Waals surface area (Å²) in [5.41, 5.74) is 5.24. The first-order chi connectivity index (χ1) is 20.1. The summed E-state index contributed by atoms with van der Waals surface area (Å²) in [5, 5.41) is 3.89. The summed E-state index contributed by atoms with van der Waals surface area (Å²) in [5.74, 6) is 0.821. The van der Waals surface area contributed by atoms with Crippen molar-refractivity contribution in [3.05, 3.63) is 82.5 Å². The molecule has 0 bridgehead atoms. The number of aryl methyl sites for hydroxylation is 1. The Labute approximate surface area is 245 Å². The van der Waals surface area contributed by atoms with Crippen molar-refractivity contribution in [2.45, 2.75) is 77.2 Å². The van der Waals surface area contributed by atoms with E-state index in [0.29, 0.717) is 24.4 Å². The zero-order valence-corrected chi connectivity index (χ0v) is 24.4. The van der Waals surface area contributed by atoms with Crippen molar-refractivity contribution in [2.24, 2.45) is 11.3 Å². The van der Waals surface area contributed by atoms with Gasteiger partial charge in [-0.05, 0) is 96.0 Å². The van der Waals surface area contributed by atoms with Crippen molar-refractivity contribution in [3.8, 4) is 17.0 Å². The first-order valence-electron chi connectivity index (χ1n) is 14.9. The highest BCUT2D eigenvalue weighted by atomic mass is 19.4. The smallest absolute Gasteiger partial charge is 0.416 e. The number of alkyl halides is 3. The van der Waals surface area contributed by atoms with Gasteiger partial charge in [0.25, 0.3) is 0 Å². The van der Waals surface area contributed by atoms with Crippen LogP contribution in [0.1, 0.15) is 73.4 Å². The largest absolute Gasteiger partial charge is 0.481 e. The third kappa shape index (κ3) is 5.30. The Kier molecular flexibility index (Phi) is 7.54. The van der Waals surface area contributed by atoms with Crippen LogP contribution >= 0.6 is 0 Å². The predicted octanol–water partition coefficient (Wildman–Crippen LogP) is 7.13. The number of amides is 1. The van der Waals surface area contributed by atoms with E-state index in [1.165, 1.54) is 17.2 Å². The van der Waals surface area contributed by atoms with E-state index in [0.717, 1.165) is 54.9 Å². The van der Waals surface area contributed by atoms with Crippen molar-refractivity contribution >= 4 is 5.91 Å². The molecule has 0 spiro atoms. The summed E-state index contributed by atoms with van der Waals surface area (Å²) in [6, 6.07) is 15.0. The van der Waals surface area contributed by atoms with Crippen LogP contribution in [0.15, 0.2) is 54.7 Å². The van der Waals surface area contributed by atoms with E-state index in [1.807, 2.05) is 17.0 Å². The van der Waals surface area contributed by atoms with Crippen LogP contribution < -0.4 is 10.1 Å². The molecular formula is C34H38F3N3O2. The Morgan fingerprint density at radius 1 is 1.02 bits per heavy atom. The molecule has 1 aromatic heterocycles. The van der Waals surface area contributed by atoms with Gasteiger partial charge in [-0.25, -0.2) is 4.98 Å². The van der Waals surface area contributed by atoms with E-state index in [9.17, 15) is 18.0 Å². The lowest BCUT2D eigenvalue weighted by atomic mass is 9.73. The van der Waals surface area contributed by atoms with Gasteiger partial charge in [-0.2, -0.15) is 13.2 Å². The summed E-state index contributed by atoms with van der Waals surface area (Å²) < 4.78 is 45.4. The summed E-state index contributed by atoms with van der Waals surface area (Å²) in [6.07, 6.45) is 2.41. The lowest BCUT2D eigenvalue weighted by Crippen LogP contribution is -2.48. The van der Waals surface area contributed by atoms with Crippen LogP contribution in [0.2, 0.25) is 0 Å². The molecule has 2 heterocycles. The number of aromatic nitrogens is 1. The molecule has 1 amide bonds. The molecule has 1 aliphatic heterocycles. The monoisotopic (exact) mass is 577 g/mol. The summed E-state index contributed by atoms with van der Waals surface area (Å²) in [7, 11) is 1.62. The molecular weight excluding hydrogens is 539 g/mol. The van der Waals surface area contributed by atoms with Crippen LogP contribution in [0.4, 0.5) is 13.2 Å². The minimum atomic E-state index is -4.39. The Hall–Kier alpha value is -3.39. The zero-order valence-electron chi connectivity index (χ0n) is 24.4. The number of methoxy groups -OCH3 is 1. The highest BCUT2D eigenvalue weighted by molar-refractivity contribution is 5.84. The van der Waals surface area contributed by atoms with Crippen molar-refractivity contribution in [1.29, 1.82) is 0 Å². The van der Waals surface area contributed by atoms with E-state index in [-0.39, 0.29) is 30.5 Å². The topological polar surface area (TPSA) is 54.5 Å². The number of benzene rings is 2. The molecule has 3 aromatic rings. The number of pyridine rings is 1. The quantitative estimate of drug-likeness (QED) is 0.339. The summed E-state index contributed by atoms with van der Waals surface area (Å²) in [6.45, 7) is 5.01. The predicted molar refractivity (Wildman–Crippen MR) is 156 cm³/mol. The number of hydrogen-bond acceptors (Lipinski definition) is 4. The molecule has 1 fully saturated rings. The lowest BCUT2D eigenvalue weighted by Gasteiger charge is -2.40. The molecule has 2 aromatic carbocycles. The van der Waals surface area contributed by atoms with Crippen LogP contribution in [0.5, 0.6) is 5.88 Å². The molecule has 3 atom stereocenters. The second-order valence-electron chi connectivity index (χ2n) is 12.5. The summed E-state index contributed by atoms with van der Waals surface area (Å²) in [4.78, 5) is 20.1. The second-order valence-corrected chi connectivity index (χ2v) is 12.5. The fraction of sp³-hybridized carbons (Fsp3) is 0.471. The number of ether oxygens (including phenoxy) is 1. The number of carbonyl (C=O) groups excluding carboxylic acids is 1. The van der Waals surface area contributed by atoms with Crippen LogP contribution in [0.3, 0.4) is 0 Å². The molecule has 1 N–H and O–H groups in total. The number of hydrogen-bond donors (Lipinski definition) is 1. The van der Waals surface area contributed by atoms with Gasteiger partial charge in [0.2, 0.25) is 11.8 Å². The maximum atomic E-state index is 14.1. The van der Waals surface area contributed by atoms with Crippen LogP contribution in [-0.2, 0) is 30.4 Å². The number of nitrogens with zero attached hydrogens (tertiary/aromatic N) is 2. The molecule has 2 aliphatic carbocycles. The number of fused-ring (bicyclic) bond motifs is 2. The SMILES string of the molecule is COc1cc(-c2ccc3c(c2)CCC3N[C@@H]2CC[C@@](C(=O)N3CCc4ccc(C(F)(F)F)cc4C3)(C(C)C)C2)ccn1. The minimum Gasteiger partial charge on any atom is -0.481 e. The number of carbonyl (C=O) groups is 1. The normalized spacial score (nSPS) is 23.6. The molecule has 42 heavy (non-hydrogen) atoms. The lowest BCUT2D eigenvalue weighted by molar-refractivity contribution is -0.145. The second kappa shape index (κ2) is 11.0. The third-order valence-electron chi connectivity index (χ3n) is 9.85. The molecule has 1 saturated carbocycles. The maximum absolute atomic E-state index is 14.1. The van der Waals surface area contributed by atoms with Gasteiger partial charge >= 0.3 is 6.18 Å². The Balaban J connectivity index is 1.15. The van der Waals surface area contributed by atoms with Crippen molar-refractivity contribution in [1.82, 2.24) is 15.2 Å². The molecule has 5 nitrogen and oxygen atoms in total. The first kappa shape index (κ1) is 28.7. The average Bonchev–Trinajstić information content (AvgIpc) is 3.60. The van der Waals surface area contributed by atoms with Crippen LogP contribution in [0, 0.1) is 11.3 Å². The number of nitrogens with one attached hydrogen (secondary N) is 1. The highest BCUT2D eigenvalue weighted by Gasteiger charge is 2.50. The Morgan fingerprint density at radius 3 is 2.60 bits per heavy atom. The van der Waals surface area contributed by atoms with Gasteiger partial charge in [-0.15, -0.1) is 0 Å². The number of rotatable bonds is 6. The van der Waals surface area contributed by atoms with E-state index >= 15 is 0 Å². The van der Waals surface area contributed by atoms with Crippen molar-refractivity contribution < 1.29 is 22.7 Å². The van der Waals surface area contributed by atoms with Gasteiger partial charge in [0.05, 0.1) is 18.1 Å². The molecule has 222 valence electrons. The third-order valence-corrected chi connectivity index (χ3v) is 9.85. The Bertz CT molecular complexity index is 1490. The molecule has 0 saturated heterocycles. The fourth-order valence-electron chi connectivity index (χ4n) is 7.36. The Morgan fingerprint density at radius 2 is 1.83 bits per heavy atom. The zero-order chi connectivity index (χ0) is 29.6. The fourth-order valence-corrected chi connectivity index (χ4v) is 7.36. The van der Waals surface area contributed by atoms with Gasteiger partial charge in [0, 0.05) is 37.4 Å². The van der Waals surface area contributed by atoms with Crippen LogP contribution in [-0.4, -0.2) is 35.5 Å². The van der Waals surface area contributed by atoms with Gasteiger partial charge in [0.1, 0.15) is 0 Å². The maximum Gasteiger partial charge on any atom is 0.416 e. The van der Waals surface area contributed by atoms with E-state index in [4.69, 9.17) is 4.74 Å². The molecule has 3 aliphatic rings. The van der Waals surface area contributed by atoms with Crippen molar-refractivity contribution in [2.75, 3.05) is 13.7 Å². The van der Waals surface area contributed by atoms with E-state index in [1.54, 1.807) is 19.4 Å². The molecule has 6 rings (SSSR count). The van der Waals surface area contributed by atoms with E-state index < -0.39 is 17.2 Å². The summed E-state index contributed by atoms with van der Waals surface area (Å²) >= 11 is 0. The molecule has 8 heteroatoms. The van der Waals surface area contributed by atoms with Crippen LogP contribution in [0.25, 0.3) is 11.1 Å². The standard InChI is InChI=1S/C34H38F3N3O2/c1-21(2)33(32(41)40-15-12-22-4-7-27(34(35,36)37)17-26(22)20-40)13-10-28(19-33)39-30-9-6-25-16-23(5-8-29(25)30)24-11-14-38-31(18-24)42-3/h4-5,7-8,11,14,16-18,21,28,30,39H,6,9-10,12-13,15,19-20H2,1-3H3/t28-,30?,33+/m1/s1. The molecule has 0 radical (unpaired) electrons. The van der Waals surface area contributed by atoms with E-state index in [2.05, 4.69) is 42.3 Å². The minimum absolute atomic E-state index is 0.0918. The number of halogens is 3. The highest BCUT2D eigenvalue weighted by Crippen LogP contribution is 2.48. The van der Waals surface area contributed by atoms with Gasteiger partial charge in [-0.3, -0.25) is 4.79 Å². The average molecular weight is 578 g/mol. The van der Waals surface area contributed by atoms with Gasteiger partial charge < -0.3 is 15.0 Å². The van der Waals surface area contributed by atoms with Crippen molar-refractivity contribution in [3.63, 3.8) is 0 Å². The van der Waals surface area contributed by atoms with Gasteiger partial charge in [0.15, 0.2) is 0 Å². The molecule has 1 unspecified atom stereocenters.